The summed E-state index contributed by atoms with van der Waals surface area (Å²) in [5, 5.41) is 0. The van der Waals surface area contributed by atoms with Gasteiger partial charge in [0.2, 0.25) is 5.92 Å². The monoisotopic (exact) mass is 380 g/mol. The number of rotatable bonds is 7. The van der Waals surface area contributed by atoms with Crippen LogP contribution in [0.5, 0.6) is 5.75 Å². The summed E-state index contributed by atoms with van der Waals surface area (Å²) in [6, 6.07) is 3.86. The molecular weight excluding hydrogens is 350 g/mol. The number of morpholine rings is 1. The molecule has 3 rings (SSSR count). The first-order valence-electron chi connectivity index (χ1n) is 9.95. The second kappa shape index (κ2) is 9.60. The summed E-state index contributed by atoms with van der Waals surface area (Å²) < 4.78 is 37.9. The van der Waals surface area contributed by atoms with Gasteiger partial charge in [-0.25, -0.2) is 8.78 Å². The van der Waals surface area contributed by atoms with Crippen molar-refractivity contribution in [1.29, 1.82) is 0 Å². The van der Waals surface area contributed by atoms with Gasteiger partial charge in [0.1, 0.15) is 12.4 Å². The summed E-state index contributed by atoms with van der Waals surface area (Å²) in [5.41, 5.74) is 0.865. The van der Waals surface area contributed by atoms with E-state index >= 15 is 0 Å². The van der Waals surface area contributed by atoms with Crippen molar-refractivity contribution in [3.63, 3.8) is 0 Å². The van der Waals surface area contributed by atoms with Crippen LogP contribution in [0.2, 0.25) is 0 Å². The van der Waals surface area contributed by atoms with Crippen molar-refractivity contribution in [2.45, 2.75) is 38.5 Å². The Morgan fingerprint density at radius 3 is 2.85 bits per heavy atom. The molecular formula is C21H30F2N2O2. The number of hydrogen-bond acceptors (Lipinski definition) is 4. The minimum atomic E-state index is -2.47. The van der Waals surface area contributed by atoms with Gasteiger partial charge >= 0.3 is 0 Å². The Morgan fingerprint density at radius 2 is 2.15 bits per heavy atom. The quantitative estimate of drug-likeness (QED) is 0.708. The number of alkyl halides is 2. The molecule has 0 amide bonds. The zero-order valence-corrected chi connectivity index (χ0v) is 16.1. The van der Waals surface area contributed by atoms with Crippen LogP contribution < -0.4 is 4.74 Å². The largest absolute Gasteiger partial charge is 0.491 e. The smallest absolute Gasteiger partial charge is 0.248 e. The molecule has 1 saturated heterocycles. The fourth-order valence-corrected chi connectivity index (χ4v) is 3.83. The molecule has 2 aliphatic rings. The molecule has 0 spiro atoms. The first-order valence-corrected chi connectivity index (χ1v) is 9.95. The van der Waals surface area contributed by atoms with Gasteiger partial charge in [-0.05, 0) is 42.9 Å². The number of halogens is 2. The molecule has 0 bridgehead atoms. The van der Waals surface area contributed by atoms with E-state index in [4.69, 9.17) is 9.47 Å². The summed E-state index contributed by atoms with van der Waals surface area (Å²) in [5.74, 6) is -1.31. The lowest BCUT2D eigenvalue weighted by Gasteiger charge is -2.33. The van der Waals surface area contributed by atoms with E-state index in [-0.39, 0.29) is 18.8 Å². The molecule has 150 valence electrons. The van der Waals surface area contributed by atoms with Crippen LogP contribution in [0.1, 0.15) is 38.3 Å². The van der Waals surface area contributed by atoms with Crippen LogP contribution in [0.3, 0.4) is 0 Å². The molecule has 2 atom stereocenters. The number of ether oxygens (including phenoxy) is 2. The van der Waals surface area contributed by atoms with Gasteiger partial charge in [0.05, 0.1) is 25.1 Å². The van der Waals surface area contributed by atoms with Crippen LogP contribution in [0.25, 0.3) is 6.08 Å². The molecule has 2 heterocycles. The Kier molecular flexibility index (Phi) is 7.19. The van der Waals surface area contributed by atoms with Crippen LogP contribution in [-0.4, -0.2) is 55.3 Å². The van der Waals surface area contributed by atoms with Gasteiger partial charge in [-0.2, -0.15) is 0 Å². The average molecular weight is 380 g/mol. The Bertz CT molecular complexity index is 601. The molecule has 1 aromatic rings. The predicted molar refractivity (Wildman–Crippen MR) is 102 cm³/mol. The third-order valence-electron chi connectivity index (χ3n) is 5.57. The van der Waals surface area contributed by atoms with Crippen molar-refractivity contribution < 1.29 is 18.3 Å². The molecule has 1 saturated carbocycles. The van der Waals surface area contributed by atoms with Crippen molar-refractivity contribution in [3.8, 4) is 5.75 Å². The van der Waals surface area contributed by atoms with Crippen LogP contribution in [0, 0.1) is 11.8 Å². The van der Waals surface area contributed by atoms with E-state index in [2.05, 4.69) is 16.0 Å². The molecule has 27 heavy (non-hydrogen) atoms. The Morgan fingerprint density at radius 1 is 1.33 bits per heavy atom. The number of pyridine rings is 1. The molecule has 0 aromatic carbocycles. The standard InChI is InChI=1S/C21H30F2N2O2/c1-17-15-21(22,23)8-7-18(17)3-2-4-19-5-6-20(16-24-19)27-14-11-25-9-12-26-13-10-25/h2,4-6,16-18H,3,7-15H2,1H3/b4-2+. The fraction of sp³-hybridized carbons (Fsp3) is 0.667. The molecule has 1 aliphatic heterocycles. The van der Waals surface area contributed by atoms with Crippen molar-refractivity contribution in [2.75, 3.05) is 39.5 Å². The Hall–Kier alpha value is -1.53. The molecule has 0 N–H and O–H groups in total. The van der Waals surface area contributed by atoms with Crippen LogP contribution in [-0.2, 0) is 4.74 Å². The van der Waals surface area contributed by atoms with E-state index in [1.807, 2.05) is 25.1 Å². The van der Waals surface area contributed by atoms with E-state index in [9.17, 15) is 8.78 Å². The van der Waals surface area contributed by atoms with E-state index < -0.39 is 5.92 Å². The van der Waals surface area contributed by atoms with Crippen LogP contribution in [0.4, 0.5) is 8.78 Å². The third-order valence-corrected chi connectivity index (χ3v) is 5.57. The summed E-state index contributed by atoms with van der Waals surface area (Å²) in [6.07, 6.45) is 7.23. The number of nitrogens with zero attached hydrogens (tertiary/aromatic N) is 2. The van der Waals surface area contributed by atoms with Gasteiger partial charge in [0.15, 0.2) is 0 Å². The first-order chi connectivity index (χ1) is 13.0. The van der Waals surface area contributed by atoms with Gasteiger partial charge in [-0.15, -0.1) is 0 Å². The summed E-state index contributed by atoms with van der Waals surface area (Å²) in [6.45, 7) is 6.98. The van der Waals surface area contributed by atoms with Crippen molar-refractivity contribution >= 4 is 6.08 Å². The molecule has 4 nitrogen and oxygen atoms in total. The maximum Gasteiger partial charge on any atom is 0.248 e. The topological polar surface area (TPSA) is 34.6 Å². The molecule has 2 unspecified atom stereocenters. The zero-order valence-electron chi connectivity index (χ0n) is 16.1. The maximum absolute atomic E-state index is 13.4. The summed E-state index contributed by atoms with van der Waals surface area (Å²) in [4.78, 5) is 6.73. The second-order valence-electron chi connectivity index (χ2n) is 7.70. The Labute approximate surface area is 160 Å². The maximum atomic E-state index is 13.4. The number of aromatic nitrogens is 1. The molecule has 1 aliphatic carbocycles. The third kappa shape index (κ3) is 6.54. The highest BCUT2D eigenvalue weighted by atomic mass is 19.3. The summed E-state index contributed by atoms with van der Waals surface area (Å²) in [7, 11) is 0. The normalized spacial score (nSPS) is 26.3. The number of allylic oxidation sites excluding steroid dienone is 1. The molecule has 6 heteroatoms. The molecule has 2 fully saturated rings. The van der Waals surface area contributed by atoms with E-state index in [1.165, 1.54) is 0 Å². The molecule has 1 aromatic heterocycles. The lowest BCUT2D eigenvalue weighted by molar-refractivity contribution is -0.0653. The minimum Gasteiger partial charge on any atom is -0.491 e. The SMILES string of the molecule is CC1CC(F)(F)CCC1C/C=C/c1ccc(OCCN2CCOCC2)cn1. The van der Waals surface area contributed by atoms with Gasteiger partial charge in [-0.3, -0.25) is 9.88 Å². The highest BCUT2D eigenvalue weighted by Gasteiger charge is 2.38. The van der Waals surface area contributed by atoms with E-state index in [1.54, 1.807) is 6.20 Å². The van der Waals surface area contributed by atoms with Crippen molar-refractivity contribution in [3.05, 3.63) is 30.1 Å². The van der Waals surface area contributed by atoms with Crippen LogP contribution >= 0.6 is 0 Å². The lowest BCUT2D eigenvalue weighted by atomic mass is 9.77. The van der Waals surface area contributed by atoms with Gasteiger partial charge in [0.25, 0.3) is 0 Å². The Balaban J connectivity index is 1.39. The second-order valence-corrected chi connectivity index (χ2v) is 7.70. The van der Waals surface area contributed by atoms with Crippen molar-refractivity contribution in [2.24, 2.45) is 11.8 Å². The average Bonchev–Trinajstić information content (AvgIpc) is 2.65. The highest BCUT2D eigenvalue weighted by molar-refractivity contribution is 5.45. The number of hydrogen-bond donors (Lipinski definition) is 0. The van der Waals surface area contributed by atoms with E-state index in [0.717, 1.165) is 50.7 Å². The molecule has 0 radical (unpaired) electrons. The van der Waals surface area contributed by atoms with Crippen LogP contribution in [0.15, 0.2) is 24.4 Å². The predicted octanol–water partition coefficient (Wildman–Crippen LogP) is 4.27. The van der Waals surface area contributed by atoms with Gasteiger partial charge < -0.3 is 9.47 Å². The van der Waals surface area contributed by atoms with Gasteiger partial charge in [-0.1, -0.05) is 13.0 Å². The highest BCUT2D eigenvalue weighted by Crippen LogP contribution is 2.41. The first kappa shape index (κ1) is 20.2. The summed E-state index contributed by atoms with van der Waals surface area (Å²) >= 11 is 0. The zero-order chi connectivity index (χ0) is 19.1. The van der Waals surface area contributed by atoms with Crippen molar-refractivity contribution in [1.82, 2.24) is 9.88 Å². The lowest BCUT2D eigenvalue weighted by Crippen LogP contribution is -2.38. The minimum absolute atomic E-state index is 0.0141. The van der Waals surface area contributed by atoms with Gasteiger partial charge in [0, 0.05) is 32.5 Å². The fourth-order valence-electron chi connectivity index (χ4n) is 3.83. The van der Waals surface area contributed by atoms with E-state index in [0.29, 0.717) is 18.9 Å².